The summed E-state index contributed by atoms with van der Waals surface area (Å²) < 4.78 is 23.3. The van der Waals surface area contributed by atoms with Crippen molar-refractivity contribution in [2.75, 3.05) is 24.7 Å². The molecule has 3 aromatic carbocycles. The average Bonchev–Trinajstić information content (AvgIpc) is 2.88. The van der Waals surface area contributed by atoms with Crippen molar-refractivity contribution < 1.29 is 13.2 Å². The molecule has 0 saturated carbocycles. The number of benzene rings is 3. The number of hydrogen-bond acceptors (Lipinski definition) is 6. The van der Waals surface area contributed by atoms with Crippen LogP contribution in [0, 0.1) is 0 Å². The molecular weight excluding hydrogens is 476 g/mol. The van der Waals surface area contributed by atoms with E-state index in [0.29, 0.717) is 43.6 Å². The summed E-state index contributed by atoms with van der Waals surface area (Å²) >= 11 is 0. The predicted octanol–water partition coefficient (Wildman–Crippen LogP) is 3.54. The van der Waals surface area contributed by atoms with Crippen LogP contribution >= 0.6 is 0 Å². The van der Waals surface area contributed by atoms with Gasteiger partial charge >= 0.3 is 0 Å². The first kappa shape index (κ1) is 25.1. The van der Waals surface area contributed by atoms with Gasteiger partial charge in [-0.05, 0) is 47.7 Å². The van der Waals surface area contributed by atoms with E-state index in [0.717, 1.165) is 22.1 Å². The van der Waals surface area contributed by atoms with Crippen molar-refractivity contribution in [1.82, 2.24) is 15.5 Å². The van der Waals surface area contributed by atoms with E-state index in [2.05, 4.69) is 20.8 Å². The number of sulfone groups is 1. The molecule has 0 atom stereocenters. The quantitative estimate of drug-likeness (QED) is 0.284. The molecule has 4 rings (SSSR count). The maximum Gasteiger partial charge on any atom is 0.272 e. The lowest BCUT2D eigenvalue weighted by Gasteiger charge is -2.09. The number of amides is 1. The zero-order valence-electron chi connectivity index (χ0n) is 20.0. The second kappa shape index (κ2) is 11.2. The van der Waals surface area contributed by atoms with Crippen LogP contribution in [-0.2, 0) is 21.1 Å². The fourth-order valence-corrected chi connectivity index (χ4v) is 4.55. The smallest absolute Gasteiger partial charge is 0.272 e. The number of aromatic nitrogens is 2. The number of carbonyl (C=O) groups excluding carboxylic acids is 1. The Hall–Kier alpha value is -3.98. The Balaban J connectivity index is 1.23. The maximum absolute atomic E-state index is 12.3. The Labute approximate surface area is 209 Å². The molecule has 0 bridgehead atoms. The standard InChI is InChI=1S/C27H28N4O4S/c1-36(34,35)22-13-11-20(12-14-22)21-7-4-6-19(18-21)10-15-25(32)28-16-5-17-29-26-23-8-2-3-9-24(23)27(33)31-30-26/h2-4,6-9,11-14,18H,5,10,15-17H2,1H3,(H,28,32)(H,29,30)(H,31,33). The highest BCUT2D eigenvalue weighted by molar-refractivity contribution is 7.90. The number of aryl methyl sites for hydroxylation is 1. The van der Waals surface area contributed by atoms with Gasteiger partial charge in [0.05, 0.1) is 10.3 Å². The Kier molecular flexibility index (Phi) is 7.80. The van der Waals surface area contributed by atoms with Crippen LogP contribution in [0.2, 0.25) is 0 Å². The van der Waals surface area contributed by atoms with Crippen molar-refractivity contribution in [1.29, 1.82) is 0 Å². The van der Waals surface area contributed by atoms with E-state index < -0.39 is 9.84 Å². The molecule has 0 radical (unpaired) electrons. The lowest BCUT2D eigenvalue weighted by atomic mass is 10.0. The van der Waals surface area contributed by atoms with Crippen molar-refractivity contribution in [3.05, 3.63) is 88.7 Å². The van der Waals surface area contributed by atoms with Crippen LogP contribution in [0.5, 0.6) is 0 Å². The van der Waals surface area contributed by atoms with E-state index in [4.69, 9.17) is 0 Å². The first-order valence-electron chi connectivity index (χ1n) is 11.7. The largest absolute Gasteiger partial charge is 0.368 e. The maximum atomic E-state index is 12.3. The molecule has 1 heterocycles. The second-order valence-electron chi connectivity index (χ2n) is 8.57. The molecule has 0 aliphatic rings. The number of rotatable bonds is 10. The summed E-state index contributed by atoms with van der Waals surface area (Å²) in [5.74, 6) is 0.591. The number of fused-ring (bicyclic) bond motifs is 1. The number of nitrogens with zero attached hydrogens (tertiary/aromatic N) is 1. The van der Waals surface area contributed by atoms with E-state index in [-0.39, 0.29) is 16.4 Å². The van der Waals surface area contributed by atoms with Crippen LogP contribution in [0.15, 0.2) is 82.5 Å². The minimum absolute atomic E-state index is 0.0227. The van der Waals surface area contributed by atoms with Gasteiger partial charge in [0.2, 0.25) is 5.91 Å². The Bertz CT molecular complexity index is 1530. The molecule has 186 valence electrons. The highest BCUT2D eigenvalue weighted by atomic mass is 32.2. The lowest BCUT2D eigenvalue weighted by molar-refractivity contribution is -0.121. The highest BCUT2D eigenvalue weighted by Crippen LogP contribution is 2.23. The molecule has 0 aliphatic carbocycles. The summed E-state index contributed by atoms with van der Waals surface area (Å²) in [4.78, 5) is 24.5. The molecule has 0 fully saturated rings. The van der Waals surface area contributed by atoms with E-state index in [9.17, 15) is 18.0 Å². The van der Waals surface area contributed by atoms with Crippen molar-refractivity contribution in [3.63, 3.8) is 0 Å². The summed E-state index contributed by atoms with van der Waals surface area (Å²) in [7, 11) is -3.23. The van der Waals surface area contributed by atoms with Crippen LogP contribution in [0.4, 0.5) is 5.82 Å². The molecule has 1 amide bonds. The number of hydrogen-bond donors (Lipinski definition) is 3. The second-order valence-corrected chi connectivity index (χ2v) is 10.6. The van der Waals surface area contributed by atoms with Gasteiger partial charge in [-0.25, -0.2) is 13.5 Å². The molecule has 0 saturated heterocycles. The van der Waals surface area contributed by atoms with Gasteiger partial charge in [-0.15, -0.1) is 0 Å². The lowest BCUT2D eigenvalue weighted by Crippen LogP contribution is -2.26. The molecule has 0 spiro atoms. The van der Waals surface area contributed by atoms with Crippen LogP contribution in [0.3, 0.4) is 0 Å². The number of anilines is 1. The minimum Gasteiger partial charge on any atom is -0.368 e. The van der Waals surface area contributed by atoms with Crippen LogP contribution in [0.1, 0.15) is 18.4 Å². The van der Waals surface area contributed by atoms with Gasteiger partial charge in [0.25, 0.3) is 5.56 Å². The molecule has 36 heavy (non-hydrogen) atoms. The number of carbonyl (C=O) groups is 1. The fourth-order valence-electron chi connectivity index (χ4n) is 3.92. The normalized spacial score (nSPS) is 11.4. The summed E-state index contributed by atoms with van der Waals surface area (Å²) in [6, 6.07) is 22.0. The molecule has 1 aromatic heterocycles. The molecule has 3 N–H and O–H groups in total. The fraction of sp³-hybridized carbons (Fsp3) is 0.222. The molecule has 0 aliphatic heterocycles. The van der Waals surface area contributed by atoms with Crippen LogP contribution in [-0.4, -0.2) is 43.9 Å². The third kappa shape index (κ3) is 6.37. The first-order chi connectivity index (χ1) is 17.3. The van der Waals surface area contributed by atoms with Crippen LogP contribution in [0.25, 0.3) is 21.9 Å². The first-order valence-corrected chi connectivity index (χ1v) is 13.6. The van der Waals surface area contributed by atoms with Gasteiger partial charge in [0.15, 0.2) is 15.7 Å². The van der Waals surface area contributed by atoms with Gasteiger partial charge < -0.3 is 10.6 Å². The highest BCUT2D eigenvalue weighted by Gasteiger charge is 2.08. The van der Waals surface area contributed by atoms with Gasteiger partial charge in [-0.1, -0.05) is 54.6 Å². The third-order valence-electron chi connectivity index (χ3n) is 5.85. The SMILES string of the molecule is CS(=O)(=O)c1ccc(-c2cccc(CCC(=O)NCCCNc3n[nH]c(=O)c4ccccc34)c2)cc1. The molecule has 8 nitrogen and oxygen atoms in total. The number of aromatic amines is 1. The van der Waals surface area contributed by atoms with Crippen molar-refractivity contribution in [2.45, 2.75) is 24.2 Å². The number of H-pyrrole nitrogens is 1. The van der Waals surface area contributed by atoms with Crippen LogP contribution < -0.4 is 16.2 Å². The van der Waals surface area contributed by atoms with Gasteiger partial charge in [-0.2, -0.15) is 5.10 Å². The molecule has 4 aromatic rings. The number of nitrogens with one attached hydrogen (secondary N) is 3. The molecule has 0 unspecified atom stereocenters. The summed E-state index contributed by atoms with van der Waals surface area (Å²) in [5, 5.41) is 14.1. The summed E-state index contributed by atoms with van der Waals surface area (Å²) in [5.41, 5.74) is 2.71. The summed E-state index contributed by atoms with van der Waals surface area (Å²) in [6.07, 6.45) is 2.87. The van der Waals surface area contributed by atoms with E-state index >= 15 is 0 Å². The summed E-state index contributed by atoms with van der Waals surface area (Å²) in [6.45, 7) is 1.13. The average molecular weight is 505 g/mol. The van der Waals surface area contributed by atoms with E-state index in [1.807, 2.05) is 42.5 Å². The third-order valence-corrected chi connectivity index (χ3v) is 6.98. The van der Waals surface area contributed by atoms with E-state index in [1.54, 1.807) is 30.3 Å². The van der Waals surface area contributed by atoms with Gasteiger partial charge in [0.1, 0.15) is 0 Å². The zero-order valence-corrected chi connectivity index (χ0v) is 20.8. The predicted molar refractivity (Wildman–Crippen MR) is 142 cm³/mol. The van der Waals surface area contributed by atoms with Gasteiger partial charge in [0, 0.05) is 31.2 Å². The van der Waals surface area contributed by atoms with Crippen molar-refractivity contribution in [3.8, 4) is 11.1 Å². The zero-order chi connectivity index (χ0) is 25.5. The topological polar surface area (TPSA) is 121 Å². The van der Waals surface area contributed by atoms with E-state index in [1.165, 1.54) is 6.26 Å². The van der Waals surface area contributed by atoms with Crippen molar-refractivity contribution in [2.24, 2.45) is 0 Å². The monoisotopic (exact) mass is 504 g/mol. The van der Waals surface area contributed by atoms with Gasteiger partial charge in [-0.3, -0.25) is 9.59 Å². The molecule has 9 heteroatoms. The Morgan fingerprint density at radius 2 is 1.67 bits per heavy atom. The Morgan fingerprint density at radius 1 is 0.917 bits per heavy atom. The minimum atomic E-state index is -3.23. The Morgan fingerprint density at radius 3 is 2.42 bits per heavy atom. The van der Waals surface area contributed by atoms with Crippen molar-refractivity contribution >= 4 is 32.3 Å². The molecular formula is C27H28N4O4S.